The van der Waals surface area contributed by atoms with Crippen LogP contribution in [0.5, 0.6) is 0 Å². The van der Waals surface area contributed by atoms with Crippen LogP contribution in [0.15, 0.2) is 64.7 Å². The topological polar surface area (TPSA) is 121 Å². The lowest BCUT2D eigenvalue weighted by molar-refractivity contribution is -0.128. The van der Waals surface area contributed by atoms with E-state index in [1.165, 1.54) is 35.1 Å². The Bertz CT molecular complexity index is 2110. The number of benzene rings is 1. The van der Waals surface area contributed by atoms with Crippen molar-refractivity contribution in [3.05, 3.63) is 94.4 Å². The number of nitrogens with zero attached hydrogens (tertiary/aromatic N) is 7. The van der Waals surface area contributed by atoms with Crippen LogP contribution < -0.4 is 10.6 Å². The van der Waals surface area contributed by atoms with Crippen LogP contribution in [0.3, 0.4) is 0 Å². The molecule has 5 aromatic rings. The summed E-state index contributed by atoms with van der Waals surface area (Å²) in [5, 5.41) is 10.3. The Labute approximate surface area is 263 Å². The maximum Gasteiger partial charge on any atom is 0.351 e. The van der Waals surface area contributed by atoms with Crippen molar-refractivity contribution in [2.45, 2.75) is 45.7 Å². The van der Waals surface area contributed by atoms with Crippen LogP contribution in [0.1, 0.15) is 43.0 Å². The van der Waals surface area contributed by atoms with E-state index in [-0.39, 0.29) is 78.1 Å². The Hall–Kier alpha value is -5.44. The second-order valence-electron chi connectivity index (χ2n) is 11.6. The van der Waals surface area contributed by atoms with E-state index in [1.807, 2.05) is 26.8 Å². The third-order valence-electron chi connectivity index (χ3n) is 8.45. The maximum atomic E-state index is 16.1. The fourth-order valence-corrected chi connectivity index (χ4v) is 6.15. The molecule has 0 N–H and O–H groups in total. The maximum absolute atomic E-state index is 16.1. The number of rotatable bonds is 7. The third kappa shape index (κ3) is 5.27. The molecular weight excluding hydrogens is 592 g/mol. The Balaban J connectivity index is 1.59. The number of halogens is 2. The molecule has 0 saturated carbocycles. The molecule has 1 amide bonds. The summed E-state index contributed by atoms with van der Waals surface area (Å²) < 4.78 is 38.4. The number of amides is 1. The predicted octanol–water partition coefficient (Wildman–Crippen LogP) is 5.47. The summed E-state index contributed by atoms with van der Waals surface area (Å²) in [5.41, 5.74) is 1.59. The number of carbonyl (C=O) groups excluding carboxylic acids is 1. The lowest BCUT2D eigenvalue weighted by Gasteiger charge is -2.41. The monoisotopic (exact) mass is 623 g/mol. The van der Waals surface area contributed by atoms with Gasteiger partial charge in [-0.05, 0) is 60.4 Å². The molecule has 6 rings (SSSR count). The standard InChI is InChI=1S/C34H31F2N7O3/c1-5-27(44)42-14-13-41(17-22(42)8-11-37)32-23-16-26(36)30(28-25(35)7-6-21-10-15-46-31(21)28)39-33(23)43(34(45)40-32)18-24-20(4)9-12-38-29(24)19(2)3/h5-7,9-10,12,15-16,19,22H,1,8,13-14,17-18H2,2-4H3/t22-/m0/s1. The molecule has 1 fully saturated rings. The van der Waals surface area contributed by atoms with Gasteiger partial charge in [-0.15, -0.1) is 0 Å². The van der Waals surface area contributed by atoms with Crippen molar-refractivity contribution >= 4 is 33.7 Å². The molecule has 4 aromatic heterocycles. The smallest absolute Gasteiger partial charge is 0.351 e. The molecular formula is C34H31F2N7O3. The van der Waals surface area contributed by atoms with Crippen molar-refractivity contribution in [3.63, 3.8) is 0 Å². The summed E-state index contributed by atoms with van der Waals surface area (Å²) in [6.45, 7) is 10.2. The lowest BCUT2D eigenvalue weighted by Crippen LogP contribution is -2.55. The van der Waals surface area contributed by atoms with Crippen LogP contribution in [-0.2, 0) is 11.3 Å². The first kappa shape index (κ1) is 30.6. The van der Waals surface area contributed by atoms with E-state index in [0.717, 1.165) is 16.8 Å². The number of hydrogen-bond acceptors (Lipinski definition) is 8. The van der Waals surface area contributed by atoms with Crippen molar-refractivity contribution in [1.82, 2.24) is 24.4 Å². The van der Waals surface area contributed by atoms with Gasteiger partial charge in [-0.2, -0.15) is 10.2 Å². The molecule has 0 aliphatic carbocycles. The van der Waals surface area contributed by atoms with Crippen LogP contribution in [0.4, 0.5) is 14.6 Å². The summed E-state index contributed by atoms with van der Waals surface area (Å²) in [7, 11) is 0. The van der Waals surface area contributed by atoms with Crippen LogP contribution in [-0.4, -0.2) is 56.0 Å². The molecule has 10 nitrogen and oxygen atoms in total. The summed E-state index contributed by atoms with van der Waals surface area (Å²) in [6, 6.07) is 9.04. The van der Waals surface area contributed by atoms with Crippen molar-refractivity contribution in [1.29, 1.82) is 5.26 Å². The van der Waals surface area contributed by atoms with Crippen molar-refractivity contribution in [2.24, 2.45) is 0 Å². The van der Waals surface area contributed by atoms with Crippen LogP contribution in [0.25, 0.3) is 33.3 Å². The Kier molecular flexibility index (Phi) is 8.08. The molecule has 12 heteroatoms. The number of piperazine rings is 1. The molecule has 1 aliphatic rings. The highest BCUT2D eigenvalue weighted by atomic mass is 19.1. The van der Waals surface area contributed by atoms with Gasteiger partial charge < -0.3 is 14.2 Å². The molecule has 0 unspecified atom stereocenters. The Morgan fingerprint density at radius 2 is 2.00 bits per heavy atom. The Morgan fingerprint density at radius 3 is 2.74 bits per heavy atom. The molecule has 0 radical (unpaired) electrons. The van der Waals surface area contributed by atoms with Crippen LogP contribution in [0, 0.1) is 29.9 Å². The van der Waals surface area contributed by atoms with Gasteiger partial charge in [0.15, 0.2) is 5.82 Å². The zero-order valence-electron chi connectivity index (χ0n) is 25.6. The zero-order chi connectivity index (χ0) is 32.7. The van der Waals surface area contributed by atoms with Crippen molar-refractivity contribution in [2.75, 3.05) is 24.5 Å². The number of aromatic nitrogens is 4. The van der Waals surface area contributed by atoms with E-state index in [1.54, 1.807) is 22.1 Å². The summed E-state index contributed by atoms with van der Waals surface area (Å²) >= 11 is 0. The normalized spacial score (nSPS) is 15.1. The predicted molar refractivity (Wildman–Crippen MR) is 169 cm³/mol. The quantitative estimate of drug-likeness (QED) is 0.219. The average molecular weight is 624 g/mol. The molecule has 234 valence electrons. The summed E-state index contributed by atoms with van der Waals surface area (Å²) in [5.74, 6) is -1.68. The largest absolute Gasteiger partial charge is 0.464 e. The van der Waals surface area contributed by atoms with Gasteiger partial charge in [0, 0.05) is 36.9 Å². The highest BCUT2D eigenvalue weighted by Gasteiger charge is 2.32. The van der Waals surface area contributed by atoms with Gasteiger partial charge in [0.2, 0.25) is 5.91 Å². The van der Waals surface area contributed by atoms with Crippen molar-refractivity contribution in [3.8, 4) is 17.3 Å². The van der Waals surface area contributed by atoms with E-state index >= 15 is 8.78 Å². The number of fused-ring (bicyclic) bond motifs is 2. The highest BCUT2D eigenvalue weighted by Crippen LogP contribution is 2.36. The number of carbonyl (C=O) groups is 1. The summed E-state index contributed by atoms with van der Waals surface area (Å²) in [4.78, 5) is 43.4. The van der Waals surface area contributed by atoms with Gasteiger partial charge in [-0.3, -0.25) is 14.3 Å². The first-order chi connectivity index (χ1) is 22.1. The number of furan rings is 1. The minimum absolute atomic E-state index is 0.0343. The van der Waals surface area contributed by atoms with Crippen LogP contribution in [0.2, 0.25) is 0 Å². The number of pyridine rings is 2. The average Bonchev–Trinajstić information content (AvgIpc) is 3.51. The fraction of sp³-hybridized carbons (Fsp3) is 0.294. The van der Waals surface area contributed by atoms with Gasteiger partial charge in [-0.25, -0.2) is 18.6 Å². The number of hydrogen-bond donors (Lipinski definition) is 0. The molecule has 1 aliphatic heterocycles. The minimum Gasteiger partial charge on any atom is -0.464 e. The van der Waals surface area contributed by atoms with Crippen molar-refractivity contribution < 1.29 is 18.0 Å². The molecule has 1 atom stereocenters. The second kappa shape index (κ2) is 12.2. The molecule has 46 heavy (non-hydrogen) atoms. The van der Waals surface area contributed by atoms with Gasteiger partial charge in [-0.1, -0.05) is 20.4 Å². The third-order valence-corrected chi connectivity index (χ3v) is 8.45. The second-order valence-corrected chi connectivity index (χ2v) is 11.6. The number of aryl methyl sites for hydroxylation is 1. The number of anilines is 1. The number of nitriles is 1. The Morgan fingerprint density at radius 1 is 1.20 bits per heavy atom. The zero-order valence-corrected chi connectivity index (χ0v) is 25.6. The van der Waals surface area contributed by atoms with E-state index in [0.29, 0.717) is 5.39 Å². The minimum atomic E-state index is -0.835. The fourth-order valence-electron chi connectivity index (χ4n) is 6.15. The first-order valence-electron chi connectivity index (χ1n) is 14.9. The molecule has 1 aromatic carbocycles. The van der Waals surface area contributed by atoms with E-state index in [2.05, 4.69) is 27.6 Å². The van der Waals surface area contributed by atoms with E-state index in [9.17, 15) is 14.9 Å². The SMILES string of the molecule is C=CC(=O)N1CCN(c2nc(=O)n(Cc3c(C)ccnc3C(C)C)c3nc(-c4c(F)ccc5ccoc45)c(F)cc23)C[C@@H]1CC#N. The van der Waals surface area contributed by atoms with Gasteiger partial charge in [0.05, 0.1) is 42.3 Å². The molecule has 0 spiro atoms. The molecule has 1 saturated heterocycles. The van der Waals surface area contributed by atoms with E-state index < -0.39 is 23.4 Å². The highest BCUT2D eigenvalue weighted by molar-refractivity contribution is 5.95. The van der Waals surface area contributed by atoms with Gasteiger partial charge in [0.1, 0.15) is 28.6 Å². The van der Waals surface area contributed by atoms with E-state index in [4.69, 9.17) is 4.42 Å². The van der Waals surface area contributed by atoms with Gasteiger partial charge in [0.25, 0.3) is 0 Å². The van der Waals surface area contributed by atoms with Crippen LogP contribution >= 0.6 is 0 Å². The van der Waals surface area contributed by atoms with Gasteiger partial charge >= 0.3 is 5.69 Å². The molecule has 5 heterocycles. The first-order valence-corrected chi connectivity index (χ1v) is 14.9. The molecule has 0 bridgehead atoms. The lowest BCUT2D eigenvalue weighted by atomic mass is 9.99. The summed E-state index contributed by atoms with van der Waals surface area (Å²) in [6.07, 6.45) is 4.33.